The van der Waals surface area contributed by atoms with Crippen molar-refractivity contribution in [1.29, 1.82) is 0 Å². The van der Waals surface area contributed by atoms with Crippen molar-refractivity contribution < 1.29 is 49.8 Å². The molecular formula is C37H38F5N3O6S. The first-order valence-electron chi connectivity index (χ1n) is 16.5. The van der Waals surface area contributed by atoms with Crippen LogP contribution >= 0.6 is 0 Å². The van der Waals surface area contributed by atoms with Gasteiger partial charge in [-0.15, -0.1) is 0 Å². The molecule has 2 aliphatic heterocycles. The maximum Gasteiger partial charge on any atom is 0.490 e. The van der Waals surface area contributed by atoms with Crippen LogP contribution in [0.5, 0.6) is 5.75 Å². The first-order valence-corrected chi connectivity index (χ1v) is 18.0. The molecule has 6 rings (SSSR count). The minimum Gasteiger partial charge on any atom is -0.491 e. The topological polar surface area (TPSA) is 139 Å². The van der Waals surface area contributed by atoms with Crippen LogP contribution in [0.15, 0.2) is 95.9 Å². The molecular weight excluding hydrogens is 709 g/mol. The number of nitrogens with zero attached hydrogens (tertiary/aromatic N) is 1. The van der Waals surface area contributed by atoms with E-state index >= 15 is 8.78 Å². The highest BCUT2D eigenvalue weighted by Crippen LogP contribution is 2.40. The SMILES string of the molecule is CC(C)Oc1ccc2cc(S(=O)(=O)N[C@@H](C(=O)N3C4CCC3CC(N)C4)C(F)(F)c3ccc(-c4ccccc4)cc3)ccc2c1.O=C(O)C(F)(F)F. The van der Waals surface area contributed by atoms with E-state index in [0.29, 0.717) is 36.8 Å². The molecule has 0 spiro atoms. The van der Waals surface area contributed by atoms with Crippen molar-refractivity contribution in [3.63, 3.8) is 0 Å². The summed E-state index contributed by atoms with van der Waals surface area (Å²) in [7, 11) is -4.56. The van der Waals surface area contributed by atoms with Gasteiger partial charge in [-0.3, -0.25) is 4.79 Å². The summed E-state index contributed by atoms with van der Waals surface area (Å²) >= 11 is 0. The molecule has 278 valence electrons. The number of amides is 1. The van der Waals surface area contributed by atoms with Gasteiger partial charge in [-0.1, -0.05) is 66.7 Å². The number of alkyl halides is 5. The lowest BCUT2D eigenvalue weighted by molar-refractivity contribution is -0.192. The molecule has 0 aliphatic carbocycles. The van der Waals surface area contributed by atoms with E-state index in [4.69, 9.17) is 20.4 Å². The summed E-state index contributed by atoms with van der Waals surface area (Å²) in [4.78, 5) is 24.2. The molecule has 4 aromatic rings. The second kappa shape index (κ2) is 15.2. The van der Waals surface area contributed by atoms with Crippen LogP contribution in [-0.2, 0) is 25.5 Å². The number of nitrogens with one attached hydrogen (secondary N) is 1. The van der Waals surface area contributed by atoms with Crippen LogP contribution in [0.25, 0.3) is 21.9 Å². The Kier molecular flexibility index (Phi) is 11.3. The number of halogens is 5. The Balaban J connectivity index is 0.000000679. The quantitative estimate of drug-likeness (QED) is 0.159. The van der Waals surface area contributed by atoms with Gasteiger partial charge >= 0.3 is 12.1 Å². The zero-order chi connectivity index (χ0) is 38.0. The number of piperidine rings is 1. The Labute approximate surface area is 297 Å². The van der Waals surface area contributed by atoms with Crippen LogP contribution in [0.4, 0.5) is 22.0 Å². The van der Waals surface area contributed by atoms with Crippen molar-refractivity contribution in [3.8, 4) is 16.9 Å². The summed E-state index contributed by atoms with van der Waals surface area (Å²) < 4.78 is 100. The van der Waals surface area contributed by atoms with Gasteiger partial charge in [0.15, 0.2) is 6.04 Å². The number of hydrogen-bond donors (Lipinski definition) is 3. The van der Waals surface area contributed by atoms with Crippen LogP contribution in [-0.4, -0.2) is 66.7 Å². The fourth-order valence-corrected chi connectivity index (χ4v) is 7.85. The highest BCUT2D eigenvalue weighted by molar-refractivity contribution is 7.89. The average Bonchev–Trinajstić information content (AvgIpc) is 3.36. The van der Waals surface area contributed by atoms with Crippen molar-refractivity contribution in [1.82, 2.24) is 9.62 Å². The molecule has 2 fully saturated rings. The molecule has 4 aromatic carbocycles. The lowest BCUT2D eigenvalue weighted by atomic mass is 9.94. The van der Waals surface area contributed by atoms with E-state index in [1.54, 1.807) is 36.4 Å². The zero-order valence-corrected chi connectivity index (χ0v) is 29.0. The number of carboxylic acid groups (broad SMARTS) is 1. The lowest BCUT2D eigenvalue weighted by Crippen LogP contribution is -2.60. The van der Waals surface area contributed by atoms with E-state index in [9.17, 15) is 26.4 Å². The number of aliphatic carboxylic acids is 1. The Morgan fingerprint density at radius 3 is 1.94 bits per heavy atom. The highest BCUT2D eigenvalue weighted by atomic mass is 32.2. The van der Waals surface area contributed by atoms with Gasteiger partial charge < -0.3 is 20.5 Å². The number of hydrogen-bond acceptors (Lipinski definition) is 6. The Bertz CT molecular complexity index is 2000. The van der Waals surface area contributed by atoms with E-state index in [1.807, 2.05) is 44.2 Å². The number of sulfonamides is 1. The third kappa shape index (κ3) is 8.70. The molecule has 1 amide bonds. The largest absolute Gasteiger partial charge is 0.491 e. The molecule has 0 aromatic heterocycles. The van der Waals surface area contributed by atoms with E-state index in [1.165, 1.54) is 29.2 Å². The van der Waals surface area contributed by atoms with Crippen LogP contribution < -0.4 is 15.2 Å². The molecule has 2 aliphatic rings. The van der Waals surface area contributed by atoms with Crippen molar-refractivity contribution >= 4 is 32.7 Å². The number of carbonyl (C=O) groups is 2. The average molecular weight is 748 g/mol. The molecule has 2 heterocycles. The predicted octanol–water partition coefficient (Wildman–Crippen LogP) is 6.85. The van der Waals surface area contributed by atoms with Gasteiger partial charge in [0, 0.05) is 23.7 Å². The van der Waals surface area contributed by atoms with Gasteiger partial charge in [0.05, 0.1) is 11.0 Å². The van der Waals surface area contributed by atoms with Crippen molar-refractivity contribution in [2.75, 3.05) is 0 Å². The number of benzene rings is 4. The van der Waals surface area contributed by atoms with Crippen LogP contribution in [0.3, 0.4) is 0 Å². The van der Waals surface area contributed by atoms with Crippen LogP contribution in [0.2, 0.25) is 0 Å². The number of ether oxygens (including phenoxy) is 1. The van der Waals surface area contributed by atoms with Crippen LogP contribution in [0, 0.1) is 0 Å². The van der Waals surface area contributed by atoms with E-state index in [2.05, 4.69) is 4.72 Å². The van der Waals surface area contributed by atoms with Gasteiger partial charge in [-0.05, 0) is 85.7 Å². The van der Waals surface area contributed by atoms with E-state index < -0.39 is 45.6 Å². The molecule has 4 N–H and O–H groups in total. The Morgan fingerprint density at radius 1 is 0.846 bits per heavy atom. The summed E-state index contributed by atoms with van der Waals surface area (Å²) in [6.45, 7) is 3.81. The van der Waals surface area contributed by atoms with E-state index in [-0.39, 0.29) is 29.1 Å². The normalized spacial score (nSPS) is 19.6. The molecule has 2 saturated heterocycles. The summed E-state index contributed by atoms with van der Waals surface area (Å²) in [5.74, 6) is -6.93. The maximum atomic E-state index is 16.5. The lowest BCUT2D eigenvalue weighted by Gasteiger charge is -2.41. The van der Waals surface area contributed by atoms with Gasteiger partial charge in [0.25, 0.3) is 5.92 Å². The fraction of sp³-hybridized carbons (Fsp3) is 0.351. The Hall–Kier alpha value is -4.60. The minimum absolute atomic E-state index is 0.0390. The summed E-state index contributed by atoms with van der Waals surface area (Å²) in [6.07, 6.45) is -2.84. The Morgan fingerprint density at radius 2 is 1.38 bits per heavy atom. The minimum atomic E-state index is -5.08. The molecule has 52 heavy (non-hydrogen) atoms. The van der Waals surface area contributed by atoms with Crippen molar-refractivity contribution in [2.45, 2.75) is 86.8 Å². The van der Waals surface area contributed by atoms with Gasteiger partial charge in [0.1, 0.15) is 5.75 Å². The second-order valence-corrected chi connectivity index (χ2v) is 14.8. The zero-order valence-electron chi connectivity index (χ0n) is 28.2. The number of nitrogens with two attached hydrogens (primary N) is 1. The standard InChI is InChI=1S/C35H37F2N3O4S.C2HF3O2/c1-22(2)44-31-16-10-26-19-32(17-11-25(26)18-31)45(42,43)39-33(34(41)40-29-14-15-30(40)21-28(38)20-29)35(36,37)27-12-8-24(9-13-27)23-6-4-3-5-7-23;3-2(4,5)1(6)7/h3-13,16-19,22,28-30,33,39H,14-15,20-21,38H2,1-2H3;(H,6,7)/t28?,29?,30?,33-;/m0./s1. The summed E-state index contributed by atoms with van der Waals surface area (Å²) in [5, 5.41) is 8.44. The molecule has 0 radical (unpaired) electrons. The smallest absolute Gasteiger partial charge is 0.490 e. The molecule has 2 unspecified atom stereocenters. The number of rotatable bonds is 9. The summed E-state index contributed by atoms with van der Waals surface area (Å²) in [5.41, 5.74) is 7.30. The van der Waals surface area contributed by atoms with Gasteiger partial charge in [-0.2, -0.15) is 26.7 Å². The first kappa shape index (κ1) is 38.6. The molecule has 0 saturated carbocycles. The van der Waals surface area contributed by atoms with Crippen LogP contribution in [0.1, 0.15) is 45.1 Å². The fourth-order valence-electron chi connectivity index (χ4n) is 6.63. The summed E-state index contributed by atoms with van der Waals surface area (Å²) in [6, 6.07) is 21.4. The molecule has 2 bridgehead atoms. The molecule has 15 heteroatoms. The third-order valence-corrected chi connectivity index (χ3v) is 10.4. The first-order chi connectivity index (χ1) is 24.4. The molecule has 3 atom stereocenters. The third-order valence-electron chi connectivity index (χ3n) is 8.99. The van der Waals surface area contributed by atoms with Gasteiger partial charge in [0.2, 0.25) is 15.9 Å². The predicted molar refractivity (Wildman–Crippen MR) is 184 cm³/mol. The number of carbonyl (C=O) groups excluding carboxylic acids is 1. The van der Waals surface area contributed by atoms with Crippen molar-refractivity contribution in [2.24, 2.45) is 5.73 Å². The maximum absolute atomic E-state index is 16.5. The monoisotopic (exact) mass is 747 g/mol. The number of fused-ring (bicyclic) bond motifs is 3. The van der Waals surface area contributed by atoms with Crippen molar-refractivity contribution in [3.05, 3.63) is 96.6 Å². The highest BCUT2D eigenvalue weighted by Gasteiger charge is 2.53. The van der Waals surface area contributed by atoms with E-state index in [0.717, 1.165) is 16.5 Å². The van der Waals surface area contributed by atoms with Gasteiger partial charge in [-0.25, -0.2) is 13.2 Å². The molecule has 9 nitrogen and oxygen atoms in total. The number of carboxylic acids is 1. The second-order valence-electron chi connectivity index (χ2n) is 13.1.